The molecule has 0 radical (unpaired) electrons. The first-order chi connectivity index (χ1) is 10.9. The lowest BCUT2D eigenvalue weighted by Gasteiger charge is -2.27. The number of H-pyrrole nitrogens is 1. The van der Waals surface area contributed by atoms with Crippen LogP contribution in [0, 0.1) is 5.92 Å². The van der Waals surface area contributed by atoms with Crippen LogP contribution in [0.4, 0.5) is 0 Å². The lowest BCUT2D eigenvalue weighted by atomic mass is 9.96. The quantitative estimate of drug-likeness (QED) is 0.868. The van der Waals surface area contributed by atoms with Gasteiger partial charge in [0.25, 0.3) is 10.0 Å². The maximum Gasteiger partial charge on any atom is 0.264 e. The van der Waals surface area contributed by atoms with E-state index < -0.39 is 21.8 Å². The molecule has 8 heteroatoms. The van der Waals surface area contributed by atoms with Gasteiger partial charge in [-0.15, -0.1) is 0 Å². The summed E-state index contributed by atoms with van der Waals surface area (Å²) in [6, 6.07) is 6.34. The number of amides is 2. The molecular weight excluding hydrogens is 318 g/mol. The zero-order valence-corrected chi connectivity index (χ0v) is 13.4. The summed E-state index contributed by atoms with van der Waals surface area (Å²) in [4.78, 5) is 28.4. The molecule has 3 rings (SSSR count). The van der Waals surface area contributed by atoms with Gasteiger partial charge < -0.3 is 9.88 Å². The molecule has 1 atom stereocenters. The molecule has 2 aromatic rings. The summed E-state index contributed by atoms with van der Waals surface area (Å²) in [5.74, 6) is -1.38. The van der Waals surface area contributed by atoms with E-state index in [1.807, 2.05) is 0 Å². The van der Waals surface area contributed by atoms with Crippen LogP contribution in [0.25, 0.3) is 10.9 Å². The monoisotopic (exact) mass is 335 g/mol. The Labute approximate surface area is 133 Å². The van der Waals surface area contributed by atoms with E-state index >= 15 is 0 Å². The van der Waals surface area contributed by atoms with Crippen LogP contribution >= 0.6 is 0 Å². The number of rotatable bonds is 3. The molecule has 1 fully saturated rings. The number of nitrogens with one attached hydrogen (secondary N) is 2. The number of carbonyl (C=O) groups excluding carboxylic acids is 2. The second kappa shape index (κ2) is 5.69. The molecule has 0 saturated carbocycles. The number of sulfonamides is 1. The molecule has 1 aliphatic heterocycles. The van der Waals surface area contributed by atoms with E-state index in [0.717, 1.165) is 10.9 Å². The highest BCUT2D eigenvalue weighted by atomic mass is 32.2. The fraction of sp³-hybridized carbons (Fsp3) is 0.333. The van der Waals surface area contributed by atoms with Crippen LogP contribution in [-0.2, 0) is 19.6 Å². The van der Waals surface area contributed by atoms with E-state index in [4.69, 9.17) is 0 Å². The number of likely N-dealkylation sites (tertiary alicyclic amines) is 1. The second-order valence-corrected chi connectivity index (χ2v) is 7.38. The van der Waals surface area contributed by atoms with Crippen LogP contribution in [0.15, 0.2) is 35.4 Å². The normalized spacial score (nSPS) is 19.1. The van der Waals surface area contributed by atoms with E-state index in [9.17, 15) is 18.0 Å². The van der Waals surface area contributed by atoms with E-state index in [1.165, 1.54) is 17.0 Å². The number of nitrogens with zero attached hydrogens (tertiary/aromatic N) is 1. The minimum atomic E-state index is -3.95. The molecule has 122 valence electrons. The third kappa shape index (κ3) is 3.07. The fourth-order valence-corrected chi connectivity index (χ4v) is 3.72. The van der Waals surface area contributed by atoms with Crippen LogP contribution < -0.4 is 4.72 Å². The molecule has 0 bridgehead atoms. The fourth-order valence-electron chi connectivity index (χ4n) is 2.64. The van der Waals surface area contributed by atoms with Gasteiger partial charge in [-0.2, -0.15) is 0 Å². The number of hydrogen-bond donors (Lipinski definition) is 2. The maximum atomic E-state index is 12.4. The van der Waals surface area contributed by atoms with Crippen molar-refractivity contribution in [2.24, 2.45) is 5.92 Å². The molecular formula is C15H17N3O4S. The first kappa shape index (κ1) is 15.5. The highest BCUT2D eigenvalue weighted by Gasteiger charge is 2.31. The van der Waals surface area contributed by atoms with E-state index in [2.05, 4.69) is 9.71 Å². The summed E-state index contributed by atoms with van der Waals surface area (Å²) >= 11 is 0. The Morgan fingerprint density at radius 1 is 1.35 bits per heavy atom. The zero-order valence-electron chi connectivity index (χ0n) is 12.6. The van der Waals surface area contributed by atoms with Crippen LogP contribution in [0.1, 0.15) is 12.8 Å². The Morgan fingerprint density at radius 3 is 2.87 bits per heavy atom. The molecule has 1 saturated heterocycles. The Bertz CT molecular complexity index is 872. The SMILES string of the molecule is CN1CCC(C(=O)NS(=O)(=O)c2ccc3[nH]ccc3c2)CC1=O. The zero-order chi connectivity index (χ0) is 16.6. The predicted octanol–water partition coefficient (Wildman–Crippen LogP) is 0.841. The number of aromatic nitrogens is 1. The molecule has 0 aliphatic carbocycles. The van der Waals surface area contributed by atoms with Crippen molar-refractivity contribution < 1.29 is 18.0 Å². The molecule has 1 aromatic carbocycles. The number of piperidine rings is 1. The standard InChI is InChI=1S/C15H17N3O4S/c1-18-7-5-11(9-14(18)19)15(20)17-23(21,22)12-2-3-13-10(8-12)4-6-16-13/h2-4,6,8,11,16H,5,7,9H2,1H3,(H,17,20). The average Bonchev–Trinajstić information content (AvgIpc) is 2.97. The Kier molecular flexibility index (Phi) is 3.85. The van der Waals surface area contributed by atoms with Crippen molar-refractivity contribution in [1.29, 1.82) is 0 Å². The van der Waals surface area contributed by atoms with Gasteiger partial charge >= 0.3 is 0 Å². The molecule has 23 heavy (non-hydrogen) atoms. The van der Waals surface area contributed by atoms with Crippen molar-refractivity contribution in [2.45, 2.75) is 17.7 Å². The van der Waals surface area contributed by atoms with Gasteiger partial charge in [-0.3, -0.25) is 9.59 Å². The minimum Gasteiger partial charge on any atom is -0.361 e. The molecule has 1 aromatic heterocycles. The van der Waals surface area contributed by atoms with Gasteiger partial charge in [-0.1, -0.05) is 0 Å². The molecule has 2 N–H and O–H groups in total. The van der Waals surface area contributed by atoms with Gasteiger partial charge in [-0.05, 0) is 30.7 Å². The summed E-state index contributed by atoms with van der Waals surface area (Å²) in [5.41, 5.74) is 0.816. The average molecular weight is 335 g/mol. The van der Waals surface area contributed by atoms with Gasteiger partial charge in [0.2, 0.25) is 11.8 Å². The van der Waals surface area contributed by atoms with E-state index in [0.29, 0.717) is 13.0 Å². The molecule has 1 unspecified atom stereocenters. The van der Waals surface area contributed by atoms with Crippen LogP contribution in [0.5, 0.6) is 0 Å². The maximum absolute atomic E-state index is 12.4. The van der Waals surface area contributed by atoms with Gasteiger partial charge in [-0.25, -0.2) is 13.1 Å². The summed E-state index contributed by atoms with van der Waals surface area (Å²) in [6.07, 6.45) is 2.21. The van der Waals surface area contributed by atoms with Crippen molar-refractivity contribution in [1.82, 2.24) is 14.6 Å². The van der Waals surface area contributed by atoms with E-state index in [1.54, 1.807) is 25.4 Å². The van der Waals surface area contributed by atoms with Crippen molar-refractivity contribution in [3.63, 3.8) is 0 Å². The topological polar surface area (TPSA) is 99.3 Å². The second-order valence-electron chi connectivity index (χ2n) is 5.70. The van der Waals surface area contributed by atoms with E-state index in [-0.39, 0.29) is 17.2 Å². The third-order valence-electron chi connectivity index (χ3n) is 4.10. The van der Waals surface area contributed by atoms with Crippen molar-refractivity contribution in [2.75, 3.05) is 13.6 Å². The molecule has 2 heterocycles. The predicted molar refractivity (Wildman–Crippen MR) is 84.0 cm³/mol. The highest BCUT2D eigenvalue weighted by molar-refractivity contribution is 7.90. The number of aromatic amines is 1. The number of carbonyl (C=O) groups is 2. The summed E-state index contributed by atoms with van der Waals surface area (Å²) in [7, 11) is -2.28. The van der Waals surface area contributed by atoms with Crippen molar-refractivity contribution >= 4 is 32.7 Å². The molecule has 2 amide bonds. The highest BCUT2D eigenvalue weighted by Crippen LogP contribution is 2.20. The van der Waals surface area contributed by atoms with Crippen LogP contribution in [-0.4, -0.2) is 43.7 Å². The van der Waals surface area contributed by atoms with Crippen molar-refractivity contribution in [3.05, 3.63) is 30.5 Å². The Balaban J connectivity index is 1.77. The summed E-state index contributed by atoms with van der Waals surface area (Å²) in [5, 5.41) is 0.745. The van der Waals surface area contributed by atoms with Gasteiger partial charge in [0, 0.05) is 43.0 Å². The van der Waals surface area contributed by atoms with Crippen LogP contribution in [0.3, 0.4) is 0 Å². The lowest BCUT2D eigenvalue weighted by molar-refractivity contribution is -0.138. The van der Waals surface area contributed by atoms with Crippen LogP contribution in [0.2, 0.25) is 0 Å². The third-order valence-corrected chi connectivity index (χ3v) is 5.45. The number of fused-ring (bicyclic) bond motifs is 1. The largest absolute Gasteiger partial charge is 0.361 e. The molecule has 1 aliphatic rings. The Morgan fingerprint density at radius 2 is 2.13 bits per heavy atom. The lowest BCUT2D eigenvalue weighted by Crippen LogP contribution is -2.43. The summed E-state index contributed by atoms with van der Waals surface area (Å²) < 4.78 is 26.8. The molecule has 7 nitrogen and oxygen atoms in total. The first-order valence-electron chi connectivity index (χ1n) is 7.24. The van der Waals surface area contributed by atoms with Crippen molar-refractivity contribution in [3.8, 4) is 0 Å². The number of benzene rings is 1. The number of hydrogen-bond acceptors (Lipinski definition) is 4. The first-order valence-corrected chi connectivity index (χ1v) is 8.73. The summed E-state index contributed by atoms with van der Waals surface area (Å²) in [6.45, 7) is 0.451. The molecule has 0 spiro atoms. The van der Waals surface area contributed by atoms with Gasteiger partial charge in [0.1, 0.15) is 0 Å². The van der Waals surface area contributed by atoms with Gasteiger partial charge in [0.15, 0.2) is 0 Å². The van der Waals surface area contributed by atoms with Gasteiger partial charge in [0.05, 0.1) is 4.90 Å². The smallest absolute Gasteiger partial charge is 0.264 e. The Hall–Kier alpha value is -2.35. The minimum absolute atomic E-state index is 0.0252.